The van der Waals surface area contributed by atoms with E-state index in [0.717, 1.165) is 0 Å². The fraction of sp³-hybridized carbons (Fsp3) is 0. The van der Waals surface area contributed by atoms with Gasteiger partial charge in [-0.05, 0) is 35.5 Å². The van der Waals surface area contributed by atoms with Gasteiger partial charge in [0.1, 0.15) is 11.8 Å². The lowest BCUT2D eigenvalue weighted by molar-refractivity contribution is 0.0515. The molecule has 1 amide bonds. The van der Waals surface area contributed by atoms with Crippen LogP contribution in [0.15, 0.2) is 46.7 Å². The van der Waals surface area contributed by atoms with E-state index in [2.05, 4.69) is 15.0 Å². The predicted molar refractivity (Wildman–Crippen MR) is 91.8 cm³/mol. The van der Waals surface area contributed by atoms with E-state index in [0.29, 0.717) is 5.69 Å². The van der Waals surface area contributed by atoms with Gasteiger partial charge >= 0.3 is 5.97 Å². The number of carbonyl (C=O) groups excluding carboxylic acids is 2. The first-order chi connectivity index (χ1) is 12.3. The van der Waals surface area contributed by atoms with Crippen molar-refractivity contribution < 1.29 is 14.4 Å². The quantitative estimate of drug-likeness (QED) is 0.234. The highest BCUT2D eigenvalue weighted by Gasteiger charge is 2.16. The van der Waals surface area contributed by atoms with Crippen LogP contribution in [0.4, 0.5) is 0 Å². The van der Waals surface area contributed by atoms with Crippen molar-refractivity contribution in [1.29, 1.82) is 5.26 Å². The highest BCUT2D eigenvalue weighted by atomic mass is 16.7. The molecule has 2 rings (SSSR count). The molecule has 26 heavy (non-hydrogen) atoms. The van der Waals surface area contributed by atoms with E-state index < -0.39 is 23.8 Å². The van der Waals surface area contributed by atoms with Crippen molar-refractivity contribution in [3.63, 3.8) is 0 Å². The fourth-order valence-electron chi connectivity index (χ4n) is 2.02. The minimum absolute atomic E-state index is 0.00913. The zero-order valence-electron chi connectivity index (χ0n) is 13.3. The van der Waals surface area contributed by atoms with Gasteiger partial charge in [0, 0.05) is 17.4 Å². The molecular formula is C15H14N8O3. The second kappa shape index (κ2) is 7.49. The van der Waals surface area contributed by atoms with Crippen LogP contribution in [-0.4, -0.2) is 28.4 Å². The fourth-order valence-corrected chi connectivity index (χ4v) is 2.02. The van der Waals surface area contributed by atoms with Crippen LogP contribution in [0, 0.1) is 11.3 Å². The molecule has 0 fully saturated rings. The largest absolute Gasteiger partial charge is 0.370 e. The van der Waals surface area contributed by atoms with Crippen molar-refractivity contribution in [3.8, 4) is 11.8 Å². The molecule has 0 saturated heterocycles. The molecule has 0 aliphatic carbocycles. The van der Waals surface area contributed by atoms with Gasteiger partial charge in [0.15, 0.2) is 5.96 Å². The summed E-state index contributed by atoms with van der Waals surface area (Å²) in [4.78, 5) is 32.2. The van der Waals surface area contributed by atoms with Gasteiger partial charge in [-0.1, -0.05) is 0 Å². The summed E-state index contributed by atoms with van der Waals surface area (Å²) in [6.07, 6.45) is 1.58. The van der Waals surface area contributed by atoms with Crippen LogP contribution in [0.3, 0.4) is 0 Å². The van der Waals surface area contributed by atoms with Gasteiger partial charge in [-0.25, -0.2) is 4.79 Å². The van der Waals surface area contributed by atoms with Crippen molar-refractivity contribution >= 4 is 23.8 Å². The van der Waals surface area contributed by atoms with Gasteiger partial charge in [-0.3, -0.25) is 4.79 Å². The SMILES string of the molecule is N#Cc1cccn1-c1cc(C(=O)N=C(N)N)cc(C(=O)ON=C(N)N)c1. The molecular weight excluding hydrogens is 340 g/mol. The standard InChI is InChI=1S/C15H14N8O3/c16-7-10-2-1-3-23(10)11-5-8(12(24)21-14(17)18)4-9(6-11)13(25)26-22-15(19)20/h1-6H,(H4,19,20,22)(H4,17,18,21,24). The van der Waals surface area contributed by atoms with Gasteiger partial charge in [-0.2, -0.15) is 10.3 Å². The predicted octanol–water partition coefficient (Wildman–Crippen LogP) is -0.892. The Morgan fingerprint density at radius 1 is 1.08 bits per heavy atom. The number of aromatic nitrogens is 1. The molecule has 0 radical (unpaired) electrons. The van der Waals surface area contributed by atoms with Crippen LogP contribution in [0.2, 0.25) is 0 Å². The number of benzene rings is 1. The highest BCUT2D eigenvalue weighted by Crippen LogP contribution is 2.19. The zero-order chi connectivity index (χ0) is 19.3. The number of oxime groups is 1. The molecule has 1 heterocycles. The van der Waals surface area contributed by atoms with Crippen LogP contribution >= 0.6 is 0 Å². The number of hydrogen-bond acceptors (Lipinski definition) is 5. The average molecular weight is 354 g/mol. The van der Waals surface area contributed by atoms with Crippen molar-refractivity contribution in [2.45, 2.75) is 0 Å². The first-order valence-electron chi connectivity index (χ1n) is 6.99. The van der Waals surface area contributed by atoms with E-state index in [1.165, 1.54) is 22.8 Å². The number of amides is 1. The van der Waals surface area contributed by atoms with E-state index >= 15 is 0 Å². The summed E-state index contributed by atoms with van der Waals surface area (Å²) in [6.45, 7) is 0. The van der Waals surface area contributed by atoms with Crippen molar-refractivity contribution in [3.05, 3.63) is 53.3 Å². The monoisotopic (exact) mass is 354 g/mol. The summed E-state index contributed by atoms with van der Waals surface area (Å²) in [5.74, 6) is -2.61. The normalized spacial score (nSPS) is 9.65. The molecule has 0 spiro atoms. The Morgan fingerprint density at radius 2 is 1.77 bits per heavy atom. The average Bonchev–Trinajstić information content (AvgIpc) is 3.07. The number of rotatable bonds is 4. The summed E-state index contributed by atoms with van der Waals surface area (Å²) >= 11 is 0. The second-order valence-corrected chi connectivity index (χ2v) is 4.88. The second-order valence-electron chi connectivity index (χ2n) is 4.88. The van der Waals surface area contributed by atoms with Crippen molar-refractivity contribution in [2.75, 3.05) is 0 Å². The highest BCUT2D eigenvalue weighted by molar-refractivity contribution is 6.04. The number of carbonyl (C=O) groups is 2. The summed E-state index contributed by atoms with van der Waals surface area (Å²) < 4.78 is 1.46. The number of nitriles is 1. The van der Waals surface area contributed by atoms with Crippen LogP contribution in [0.25, 0.3) is 5.69 Å². The Kier molecular flexibility index (Phi) is 5.19. The summed E-state index contributed by atoms with van der Waals surface area (Å²) in [5, 5.41) is 12.3. The molecule has 0 unspecified atom stereocenters. The number of nitrogens with zero attached hydrogens (tertiary/aromatic N) is 4. The first-order valence-corrected chi connectivity index (χ1v) is 6.99. The molecule has 0 bridgehead atoms. The Hall–Kier alpha value is -4.33. The molecule has 1 aromatic carbocycles. The van der Waals surface area contributed by atoms with Crippen molar-refractivity contribution in [1.82, 2.24) is 4.57 Å². The summed E-state index contributed by atoms with van der Waals surface area (Å²) in [5.41, 5.74) is 21.2. The lowest BCUT2D eigenvalue weighted by Crippen LogP contribution is -2.24. The maximum Gasteiger partial charge on any atom is 0.366 e. The number of aliphatic imine (C=N–C) groups is 1. The molecule has 1 aromatic heterocycles. The number of hydrogen-bond donors (Lipinski definition) is 4. The van der Waals surface area contributed by atoms with E-state index in [4.69, 9.17) is 28.2 Å². The van der Waals surface area contributed by atoms with E-state index in [-0.39, 0.29) is 16.8 Å². The van der Waals surface area contributed by atoms with Crippen LogP contribution in [0.5, 0.6) is 0 Å². The lowest BCUT2D eigenvalue weighted by Gasteiger charge is -2.09. The molecule has 0 aliphatic rings. The van der Waals surface area contributed by atoms with Crippen molar-refractivity contribution in [2.24, 2.45) is 33.1 Å². The third-order valence-corrected chi connectivity index (χ3v) is 3.01. The Morgan fingerprint density at radius 3 is 2.38 bits per heavy atom. The molecule has 2 aromatic rings. The Balaban J connectivity index is 2.58. The summed E-state index contributed by atoms with van der Waals surface area (Å²) in [6, 6.07) is 9.17. The van der Waals surface area contributed by atoms with Gasteiger partial charge in [0.25, 0.3) is 5.91 Å². The molecule has 11 nitrogen and oxygen atoms in total. The Labute approximate surface area is 147 Å². The molecule has 8 N–H and O–H groups in total. The van der Waals surface area contributed by atoms with Gasteiger partial charge in [0.2, 0.25) is 5.96 Å². The maximum absolute atomic E-state index is 12.1. The molecule has 11 heteroatoms. The summed E-state index contributed by atoms with van der Waals surface area (Å²) in [7, 11) is 0. The van der Waals surface area contributed by atoms with Crippen LogP contribution in [0.1, 0.15) is 26.4 Å². The molecule has 132 valence electrons. The lowest BCUT2D eigenvalue weighted by atomic mass is 10.1. The van der Waals surface area contributed by atoms with Crippen LogP contribution < -0.4 is 22.9 Å². The zero-order valence-corrected chi connectivity index (χ0v) is 13.3. The van der Waals surface area contributed by atoms with E-state index in [1.807, 2.05) is 6.07 Å². The maximum atomic E-state index is 12.1. The molecule has 0 aliphatic heterocycles. The molecule has 0 atom stereocenters. The third kappa shape index (κ3) is 4.15. The number of nitrogens with two attached hydrogens (primary N) is 4. The van der Waals surface area contributed by atoms with Gasteiger partial charge in [0.05, 0.1) is 5.56 Å². The van der Waals surface area contributed by atoms with Gasteiger partial charge < -0.3 is 32.3 Å². The topological polar surface area (TPSA) is 201 Å². The van der Waals surface area contributed by atoms with Gasteiger partial charge in [-0.15, -0.1) is 0 Å². The van der Waals surface area contributed by atoms with Crippen LogP contribution in [-0.2, 0) is 4.84 Å². The minimum Gasteiger partial charge on any atom is -0.370 e. The number of guanidine groups is 2. The smallest absolute Gasteiger partial charge is 0.366 e. The molecule has 0 saturated carbocycles. The Bertz CT molecular complexity index is 960. The first kappa shape index (κ1) is 18.0. The van der Waals surface area contributed by atoms with E-state index in [1.54, 1.807) is 18.3 Å². The minimum atomic E-state index is -0.926. The third-order valence-electron chi connectivity index (χ3n) is 3.01. The van der Waals surface area contributed by atoms with E-state index in [9.17, 15) is 9.59 Å².